The Kier molecular flexibility index (Phi) is 6.46. The molecule has 2 aromatic rings. The molecule has 0 spiro atoms. The van der Waals surface area contributed by atoms with Crippen molar-refractivity contribution in [3.8, 4) is 0 Å². The van der Waals surface area contributed by atoms with E-state index in [0.717, 1.165) is 25.8 Å². The summed E-state index contributed by atoms with van der Waals surface area (Å²) in [5.41, 5.74) is 7.10. The summed E-state index contributed by atoms with van der Waals surface area (Å²) in [6.07, 6.45) is 7.06. The SMILES string of the molecule is CCC(CC1CCCCN1C)NC(=O)c1cccc2oc(N3CCCC3C(N)=O)nc12. The van der Waals surface area contributed by atoms with Gasteiger partial charge in [-0.2, -0.15) is 4.98 Å². The summed E-state index contributed by atoms with van der Waals surface area (Å²) < 4.78 is 5.91. The van der Waals surface area contributed by atoms with Crippen LogP contribution in [0.15, 0.2) is 22.6 Å². The van der Waals surface area contributed by atoms with Crippen molar-refractivity contribution in [3.63, 3.8) is 0 Å². The molecule has 3 N–H and O–H groups in total. The summed E-state index contributed by atoms with van der Waals surface area (Å²) in [6, 6.07) is 5.93. The number of oxazole rings is 1. The number of amides is 2. The third kappa shape index (κ3) is 4.54. The Morgan fingerprint density at radius 2 is 2.10 bits per heavy atom. The molecule has 1 aromatic heterocycles. The van der Waals surface area contributed by atoms with Gasteiger partial charge in [0.05, 0.1) is 5.56 Å². The minimum Gasteiger partial charge on any atom is -0.423 e. The lowest BCUT2D eigenvalue weighted by Gasteiger charge is -2.35. The lowest BCUT2D eigenvalue weighted by molar-refractivity contribution is -0.119. The van der Waals surface area contributed by atoms with Crippen LogP contribution in [0.25, 0.3) is 11.1 Å². The Labute approximate surface area is 183 Å². The maximum atomic E-state index is 13.2. The first-order valence-electron chi connectivity index (χ1n) is 11.4. The molecule has 1 aromatic carbocycles. The highest BCUT2D eigenvalue weighted by Crippen LogP contribution is 2.30. The van der Waals surface area contributed by atoms with Crippen molar-refractivity contribution in [2.45, 2.75) is 70.0 Å². The van der Waals surface area contributed by atoms with Crippen molar-refractivity contribution >= 4 is 28.9 Å². The molecule has 2 fully saturated rings. The molecule has 4 rings (SSSR count). The number of benzene rings is 1. The van der Waals surface area contributed by atoms with Crippen LogP contribution >= 0.6 is 0 Å². The van der Waals surface area contributed by atoms with Gasteiger partial charge in [0.25, 0.3) is 11.9 Å². The van der Waals surface area contributed by atoms with E-state index in [-0.39, 0.29) is 17.9 Å². The second kappa shape index (κ2) is 9.26. The van der Waals surface area contributed by atoms with E-state index in [0.29, 0.717) is 41.7 Å². The topological polar surface area (TPSA) is 105 Å². The smallest absolute Gasteiger partial charge is 0.299 e. The van der Waals surface area contributed by atoms with E-state index in [2.05, 4.69) is 29.2 Å². The zero-order valence-corrected chi connectivity index (χ0v) is 18.5. The van der Waals surface area contributed by atoms with Gasteiger partial charge in [-0.15, -0.1) is 0 Å². The van der Waals surface area contributed by atoms with Gasteiger partial charge in [0, 0.05) is 18.6 Å². The minimum absolute atomic E-state index is 0.109. The molecule has 3 unspecified atom stereocenters. The van der Waals surface area contributed by atoms with Gasteiger partial charge in [-0.05, 0) is 64.3 Å². The molecule has 8 heteroatoms. The average molecular weight is 428 g/mol. The first kappa shape index (κ1) is 21.6. The highest BCUT2D eigenvalue weighted by atomic mass is 16.4. The van der Waals surface area contributed by atoms with Crippen molar-refractivity contribution in [1.82, 2.24) is 15.2 Å². The summed E-state index contributed by atoms with van der Waals surface area (Å²) in [5.74, 6) is -0.514. The number of nitrogens with one attached hydrogen (secondary N) is 1. The fourth-order valence-corrected chi connectivity index (χ4v) is 4.90. The molecule has 31 heavy (non-hydrogen) atoms. The molecule has 3 heterocycles. The maximum Gasteiger partial charge on any atom is 0.299 e. The second-order valence-electron chi connectivity index (χ2n) is 8.85. The number of piperidine rings is 1. The quantitative estimate of drug-likeness (QED) is 0.704. The number of carbonyl (C=O) groups is 2. The van der Waals surface area contributed by atoms with E-state index >= 15 is 0 Å². The summed E-state index contributed by atoms with van der Waals surface area (Å²) in [4.78, 5) is 33.7. The van der Waals surface area contributed by atoms with Crippen LogP contribution in [0, 0.1) is 0 Å². The Hall–Kier alpha value is -2.61. The highest BCUT2D eigenvalue weighted by Gasteiger charge is 2.33. The third-order valence-corrected chi connectivity index (χ3v) is 6.79. The standard InChI is InChI=1S/C23H33N5O3/c1-3-15(14-16-8-4-5-12-27(16)2)25-22(30)17-9-6-11-19-20(17)26-23(31-19)28-13-7-10-18(28)21(24)29/h6,9,11,15-16,18H,3-5,7-8,10,12-14H2,1-2H3,(H2,24,29)(H,25,30). The van der Waals surface area contributed by atoms with Crippen molar-refractivity contribution in [3.05, 3.63) is 23.8 Å². The van der Waals surface area contributed by atoms with E-state index in [1.807, 2.05) is 0 Å². The second-order valence-corrected chi connectivity index (χ2v) is 8.85. The zero-order chi connectivity index (χ0) is 22.0. The molecule has 0 aliphatic carbocycles. The van der Waals surface area contributed by atoms with Crippen LogP contribution < -0.4 is 16.0 Å². The predicted octanol–water partition coefficient (Wildman–Crippen LogP) is 2.66. The predicted molar refractivity (Wildman–Crippen MR) is 120 cm³/mol. The summed E-state index contributed by atoms with van der Waals surface area (Å²) in [5, 5.41) is 3.21. The molecule has 2 saturated heterocycles. The molecule has 2 amide bonds. The lowest BCUT2D eigenvalue weighted by atomic mass is 9.95. The van der Waals surface area contributed by atoms with Crippen molar-refractivity contribution < 1.29 is 14.0 Å². The van der Waals surface area contributed by atoms with Crippen molar-refractivity contribution in [2.24, 2.45) is 5.73 Å². The minimum atomic E-state index is -0.415. The molecule has 8 nitrogen and oxygen atoms in total. The number of aromatic nitrogens is 1. The third-order valence-electron chi connectivity index (χ3n) is 6.79. The van der Waals surface area contributed by atoms with Crippen LogP contribution in [0.3, 0.4) is 0 Å². The molecule has 3 atom stereocenters. The molecule has 0 saturated carbocycles. The Morgan fingerprint density at radius 3 is 2.84 bits per heavy atom. The molecule has 2 aliphatic heterocycles. The number of para-hydroxylation sites is 1. The van der Waals surface area contributed by atoms with Crippen LogP contribution in [-0.2, 0) is 4.79 Å². The normalized spacial score (nSPS) is 23.2. The summed E-state index contributed by atoms with van der Waals surface area (Å²) in [6.45, 7) is 3.90. The summed E-state index contributed by atoms with van der Waals surface area (Å²) >= 11 is 0. The lowest BCUT2D eigenvalue weighted by Crippen LogP contribution is -2.43. The Morgan fingerprint density at radius 1 is 1.26 bits per heavy atom. The van der Waals surface area contributed by atoms with E-state index in [1.54, 1.807) is 23.1 Å². The first-order valence-corrected chi connectivity index (χ1v) is 11.4. The molecular weight excluding hydrogens is 394 g/mol. The number of hydrogen-bond acceptors (Lipinski definition) is 6. The average Bonchev–Trinajstić information content (AvgIpc) is 3.41. The number of carbonyl (C=O) groups excluding carboxylic acids is 2. The van der Waals surface area contributed by atoms with Gasteiger partial charge >= 0.3 is 0 Å². The molecule has 0 radical (unpaired) electrons. The molecule has 0 bridgehead atoms. The van der Waals surface area contributed by atoms with Crippen LogP contribution in [-0.4, -0.2) is 60.0 Å². The first-order chi connectivity index (χ1) is 15.0. The Balaban J connectivity index is 1.52. The summed E-state index contributed by atoms with van der Waals surface area (Å²) in [7, 11) is 2.17. The maximum absolute atomic E-state index is 13.2. The number of likely N-dealkylation sites (tertiary alicyclic amines) is 1. The van der Waals surface area contributed by atoms with Crippen LogP contribution in [0.4, 0.5) is 6.01 Å². The van der Waals surface area contributed by atoms with Gasteiger partial charge < -0.3 is 25.3 Å². The number of primary amides is 1. The van der Waals surface area contributed by atoms with Gasteiger partial charge in [0.2, 0.25) is 5.91 Å². The number of nitrogens with zero attached hydrogens (tertiary/aromatic N) is 3. The largest absolute Gasteiger partial charge is 0.423 e. The van der Waals surface area contributed by atoms with Gasteiger partial charge in [0.15, 0.2) is 5.58 Å². The van der Waals surface area contributed by atoms with Crippen LogP contribution in [0.1, 0.15) is 62.2 Å². The number of nitrogens with two attached hydrogens (primary N) is 1. The fraction of sp³-hybridized carbons (Fsp3) is 0.609. The van der Waals surface area contributed by atoms with Gasteiger partial charge in [-0.25, -0.2) is 0 Å². The molecular formula is C23H33N5O3. The van der Waals surface area contributed by atoms with E-state index in [1.165, 1.54) is 19.3 Å². The van der Waals surface area contributed by atoms with Crippen molar-refractivity contribution in [2.75, 3.05) is 25.0 Å². The van der Waals surface area contributed by atoms with Gasteiger partial charge in [-0.1, -0.05) is 19.4 Å². The monoisotopic (exact) mass is 427 g/mol. The van der Waals surface area contributed by atoms with Gasteiger partial charge in [-0.3, -0.25) is 9.59 Å². The highest BCUT2D eigenvalue weighted by molar-refractivity contribution is 6.05. The van der Waals surface area contributed by atoms with E-state index in [4.69, 9.17) is 10.2 Å². The Bertz CT molecular complexity index is 942. The van der Waals surface area contributed by atoms with E-state index in [9.17, 15) is 9.59 Å². The van der Waals surface area contributed by atoms with Crippen molar-refractivity contribution in [1.29, 1.82) is 0 Å². The van der Waals surface area contributed by atoms with Crippen LogP contribution in [0.2, 0.25) is 0 Å². The fourth-order valence-electron chi connectivity index (χ4n) is 4.90. The van der Waals surface area contributed by atoms with E-state index < -0.39 is 6.04 Å². The van der Waals surface area contributed by atoms with Gasteiger partial charge in [0.1, 0.15) is 11.6 Å². The van der Waals surface area contributed by atoms with Crippen LogP contribution in [0.5, 0.6) is 0 Å². The zero-order valence-electron chi connectivity index (χ0n) is 18.5. The number of hydrogen-bond donors (Lipinski definition) is 2. The number of fused-ring (bicyclic) bond motifs is 1. The molecule has 168 valence electrons. The number of rotatable bonds is 7. The number of anilines is 1. The molecule has 2 aliphatic rings.